The molecule has 1 aromatic heterocycles. The second-order valence-corrected chi connectivity index (χ2v) is 5.50. The molecule has 1 heterocycles. The highest BCUT2D eigenvalue weighted by Gasteiger charge is 2.02. The number of rotatable bonds is 5. The van der Waals surface area contributed by atoms with Gasteiger partial charge in [-0.2, -0.15) is 11.8 Å². The van der Waals surface area contributed by atoms with Crippen molar-refractivity contribution < 1.29 is 0 Å². The fraction of sp³-hybridized carbons (Fsp3) is 0.357. The minimum Gasteiger partial charge on any atom is -0.399 e. The Bertz CT molecular complexity index is 527. The smallest absolute Gasteiger partial charge is 0.126 e. The summed E-state index contributed by atoms with van der Waals surface area (Å²) in [7, 11) is 0. The van der Waals surface area contributed by atoms with Crippen LogP contribution in [0.25, 0.3) is 10.9 Å². The molecule has 3 nitrogen and oxygen atoms in total. The van der Waals surface area contributed by atoms with Gasteiger partial charge >= 0.3 is 0 Å². The number of fused-ring (bicyclic) bond motifs is 1. The Balaban J connectivity index is 2.08. The van der Waals surface area contributed by atoms with E-state index in [1.54, 1.807) is 0 Å². The fourth-order valence-electron chi connectivity index (χ4n) is 1.86. The SMILES string of the molecule is CSCC(C)CNc1ccc2cc(N)ccc2n1. The van der Waals surface area contributed by atoms with Crippen molar-refractivity contribution in [3.63, 3.8) is 0 Å². The van der Waals surface area contributed by atoms with Crippen molar-refractivity contribution in [1.82, 2.24) is 4.98 Å². The van der Waals surface area contributed by atoms with Crippen LogP contribution in [0.15, 0.2) is 30.3 Å². The Kier molecular flexibility index (Phi) is 4.31. The molecule has 4 heteroatoms. The molecule has 2 aromatic rings. The third kappa shape index (κ3) is 3.29. The molecule has 0 aliphatic rings. The Labute approximate surface area is 112 Å². The molecule has 0 radical (unpaired) electrons. The highest BCUT2D eigenvalue weighted by molar-refractivity contribution is 7.98. The van der Waals surface area contributed by atoms with E-state index < -0.39 is 0 Å². The van der Waals surface area contributed by atoms with Crippen LogP contribution < -0.4 is 11.1 Å². The predicted molar refractivity (Wildman–Crippen MR) is 82.2 cm³/mol. The number of benzene rings is 1. The lowest BCUT2D eigenvalue weighted by atomic mass is 10.2. The summed E-state index contributed by atoms with van der Waals surface area (Å²) in [5.74, 6) is 2.74. The fourth-order valence-corrected chi connectivity index (χ4v) is 2.55. The maximum Gasteiger partial charge on any atom is 0.126 e. The van der Waals surface area contributed by atoms with E-state index in [1.165, 1.54) is 0 Å². The van der Waals surface area contributed by atoms with Gasteiger partial charge < -0.3 is 11.1 Å². The summed E-state index contributed by atoms with van der Waals surface area (Å²) in [5.41, 5.74) is 7.50. The molecule has 0 spiro atoms. The first-order valence-corrected chi connectivity index (χ1v) is 7.47. The first-order valence-electron chi connectivity index (χ1n) is 6.08. The van der Waals surface area contributed by atoms with Gasteiger partial charge in [0.15, 0.2) is 0 Å². The minimum atomic E-state index is 0.643. The molecule has 96 valence electrons. The van der Waals surface area contributed by atoms with Gasteiger partial charge in [0.1, 0.15) is 5.82 Å². The minimum absolute atomic E-state index is 0.643. The molecule has 1 atom stereocenters. The number of hydrogen-bond donors (Lipinski definition) is 2. The standard InChI is InChI=1S/C14H19N3S/c1-10(9-18-2)8-16-14-6-3-11-7-12(15)4-5-13(11)17-14/h3-7,10H,8-9,15H2,1-2H3,(H,16,17). The van der Waals surface area contributed by atoms with E-state index in [2.05, 4.69) is 29.5 Å². The molecule has 18 heavy (non-hydrogen) atoms. The third-order valence-corrected chi connectivity index (χ3v) is 3.70. The van der Waals surface area contributed by atoms with Crippen LogP contribution >= 0.6 is 11.8 Å². The number of hydrogen-bond acceptors (Lipinski definition) is 4. The first kappa shape index (κ1) is 13.0. The van der Waals surface area contributed by atoms with Crippen LogP contribution in [0.4, 0.5) is 11.5 Å². The van der Waals surface area contributed by atoms with E-state index in [-0.39, 0.29) is 0 Å². The number of thioether (sulfide) groups is 1. The molecule has 1 aromatic carbocycles. The van der Waals surface area contributed by atoms with Gasteiger partial charge in [0, 0.05) is 17.6 Å². The predicted octanol–water partition coefficient (Wildman–Crippen LogP) is 3.23. The largest absolute Gasteiger partial charge is 0.399 e. The molecule has 0 fully saturated rings. The van der Waals surface area contributed by atoms with E-state index >= 15 is 0 Å². The maximum atomic E-state index is 5.75. The van der Waals surface area contributed by atoms with Crippen LogP contribution in [0.2, 0.25) is 0 Å². The Morgan fingerprint density at radius 3 is 2.94 bits per heavy atom. The zero-order chi connectivity index (χ0) is 13.0. The van der Waals surface area contributed by atoms with Gasteiger partial charge in [-0.15, -0.1) is 0 Å². The van der Waals surface area contributed by atoms with Gasteiger partial charge in [-0.3, -0.25) is 0 Å². The molecule has 0 amide bonds. The second-order valence-electron chi connectivity index (χ2n) is 4.59. The number of anilines is 2. The molecule has 0 bridgehead atoms. The number of nitrogens with one attached hydrogen (secondary N) is 1. The van der Waals surface area contributed by atoms with Crippen molar-refractivity contribution in [3.05, 3.63) is 30.3 Å². The van der Waals surface area contributed by atoms with Crippen LogP contribution in [-0.4, -0.2) is 23.5 Å². The Morgan fingerprint density at radius 1 is 1.33 bits per heavy atom. The third-order valence-electron chi connectivity index (χ3n) is 2.80. The van der Waals surface area contributed by atoms with E-state index in [9.17, 15) is 0 Å². The summed E-state index contributed by atoms with van der Waals surface area (Å²) in [5, 5.41) is 4.46. The van der Waals surface area contributed by atoms with Crippen molar-refractivity contribution in [1.29, 1.82) is 0 Å². The van der Waals surface area contributed by atoms with Crippen molar-refractivity contribution in [2.24, 2.45) is 5.92 Å². The average Bonchev–Trinajstić information content (AvgIpc) is 2.36. The summed E-state index contributed by atoms with van der Waals surface area (Å²) in [6.07, 6.45) is 2.13. The van der Waals surface area contributed by atoms with Crippen LogP contribution in [0.1, 0.15) is 6.92 Å². The van der Waals surface area contributed by atoms with E-state index in [0.717, 1.165) is 34.7 Å². The number of pyridine rings is 1. The highest BCUT2D eigenvalue weighted by Crippen LogP contribution is 2.18. The topological polar surface area (TPSA) is 50.9 Å². The molecule has 2 rings (SSSR count). The van der Waals surface area contributed by atoms with Crippen molar-refractivity contribution in [2.45, 2.75) is 6.92 Å². The van der Waals surface area contributed by atoms with Gasteiger partial charge in [0.2, 0.25) is 0 Å². The molecule has 0 aliphatic carbocycles. The number of nitrogens with two attached hydrogens (primary N) is 1. The number of aromatic nitrogens is 1. The van der Waals surface area contributed by atoms with Gasteiger partial charge in [-0.25, -0.2) is 4.98 Å². The highest BCUT2D eigenvalue weighted by atomic mass is 32.2. The molecular weight excluding hydrogens is 242 g/mol. The second kappa shape index (κ2) is 5.96. The lowest BCUT2D eigenvalue weighted by Gasteiger charge is -2.12. The van der Waals surface area contributed by atoms with E-state index in [0.29, 0.717) is 5.92 Å². The molecule has 0 aliphatic heterocycles. The average molecular weight is 261 g/mol. The van der Waals surface area contributed by atoms with Gasteiger partial charge in [0.05, 0.1) is 5.52 Å². The van der Waals surface area contributed by atoms with E-state index in [4.69, 9.17) is 5.73 Å². The normalized spacial score (nSPS) is 12.6. The first-order chi connectivity index (χ1) is 8.69. The van der Waals surface area contributed by atoms with Crippen LogP contribution in [-0.2, 0) is 0 Å². The molecular formula is C14H19N3S. The van der Waals surface area contributed by atoms with Crippen LogP contribution in [0.3, 0.4) is 0 Å². The molecule has 1 unspecified atom stereocenters. The number of nitrogen functional groups attached to an aromatic ring is 1. The summed E-state index contributed by atoms with van der Waals surface area (Å²) in [6, 6.07) is 9.85. The monoisotopic (exact) mass is 261 g/mol. The molecule has 3 N–H and O–H groups in total. The zero-order valence-corrected chi connectivity index (χ0v) is 11.6. The summed E-state index contributed by atoms with van der Waals surface area (Å²) in [4.78, 5) is 4.57. The Hall–Kier alpha value is -1.42. The van der Waals surface area contributed by atoms with Crippen molar-refractivity contribution >= 4 is 34.2 Å². The maximum absolute atomic E-state index is 5.75. The summed E-state index contributed by atoms with van der Waals surface area (Å²) >= 11 is 1.87. The molecule has 0 saturated heterocycles. The van der Waals surface area contributed by atoms with Crippen LogP contribution in [0, 0.1) is 5.92 Å². The quantitative estimate of drug-likeness (QED) is 0.811. The summed E-state index contributed by atoms with van der Waals surface area (Å²) in [6.45, 7) is 3.19. The van der Waals surface area contributed by atoms with Crippen molar-refractivity contribution in [2.75, 3.05) is 29.6 Å². The van der Waals surface area contributed by atoms with Crippen LogP contribution in [0.5, 0.6) is 0 Å². The lowest BCUT2D eigenvalue weighted by molar-refractivity contribution is 0.700. The summed E-state index contributed by atoms with van der Waals surface area (Å²) < 4.78 is 0. The Morgan fingerprint density at radius 2 is 2.17 bits per heavy atom. The molecule has 0 saturated carbocycles. The van der Waals surface area contributed by atoms with Crippen molar-refractivity contribution in [3.8, 4) is 0 Å². The van der Waals surface area contributed by atoms with E-state index in [1.807, 2.05) is 36.0 Å². The van der Waals surface area contributed by atoms with Gasteiger partial charge in [-0.05, 0) is 48.3 Å². The van der Waals surface area contributed by atoms with Gasteiger partial charge in [0.25, 0.3) is 0 Å². The van der Waals surface area contributed by atoms with Gasteiger partial charge in [-0.1, -0.05) is 6.92 Å². The lowest BCUT2D eigenvalue weighted by Crippen LogP contribution is -2.13. The zero-order valence-electron chi connectivity index (χ0n) is 10.8. The number of nitrogens with zero attached hydrogens (tertiary/aromatic N) is 1.